The van der Waals surface area contributed by atoms with E-state index in [2.05, 4.69) is 36.4 Å². The zero-order chi connectivity index (χ0) is 17.3. The van der Waals surface area contributed by atoms with Crippen LogP contribution in [-0.4, -0.2) is 4.70 Å². The molecule has 0 saturated heterocycles. The summed E-state index contributed by atoms with van der Waals surface area (Å²) in [6, 6.07) is 28.4. The zero-order valence-corrected chi connectivity index (χ0v) is 14.0. The molecule has 0 aromatic heterocycles. The number of hydrogen-bond acceptors (Lipinski definition) is 2. The van der Waals surface area contributed by atoms with Crippen LogP contribution in [0.1, 0.15) is 11.1 Å². The molecule has 1 aliphatic heterocycles. The van der Waals surface area contributed by atoms with Crippen LogP contribution in [0.2, 0.25) is 0 Å². The van der Waals surface area contributed by atoms with Gasteiger partial charge in [0, 0.05) is 5.57 Å². The second-order valence-corrected chi connectivity index (χ2v) is 6.12. The SMILES string of the molecule is C1=Cc2ccccc2/C1=C1\[N-]N(c2ccccc2)N=[N+]1c1ccccc1. The highest BCUT2D eigenvalue weighted by molar-refractivity contribution is 5.91. The normalized spacial score (nSPS) is 17.8. The molecule has 4 heteroatoms. The van der Waals surface area contributed by atoms with Crippen LogP contribution >= 0.6 is 0 Å². The van der Waals surface area contributed by atoms with Gasteiger partial charge in [-0.25, -0.2) is 0 Å². The third-order valence-corrected chi connectivity index (χ3v) is 4.47. The fraction of sp³-hybridized carbons (Fsp3) is 0. The highest BCUT2D eigenvalue weighted by Gasteiger charge is 2.27. The quantitative estimate of drug-likeness (QED) is 0.536. The molecule has 124 valence electrons. The molecule has 0 N–H and O–H groups in total. The minimum atomic E-state index is 0.821. The summed E-state index contributed by atoms with van der Waals surface area (Å²) in [4.78, 5) is 0. The van der Waals surface area contributed by atoms with Crippen molar-refractivity contribution in [3.8, 4) is 0 Å². The summed E-state index contributed by atoms with van der Waals surface area (Å²) >= 11 is 0. The number of rotatable bonds is 2. The van der Waals surface area contributed by atoms with Crippen molar-refractivity contribution in [1.82, 2.24) is 0 Å². The van der Waals surface area contributed by atoms with E-state index in [1.54, 1.807) is 5.12 Å². The summed E-state index contributed by atoms with van der Waals surface area (Å²) in [5.74, 6) is 0.821. The summed E-state index contributed by atoms with van der Waals surface area (Å²) in [6.45, 7) is 0. The lowest BCUT2D eigenvalue weighted by Gasteiger charge is -2.11. The zero-order valence-electron chi connectivity index (χ0n) is 14.0. The van der Waals surface area contributed by atoms with E-state index in [-0.39, 0.29) is 0 Å². The standard InChI is InChI=1S/C22H16N4/c1-3-10-18(11-4-1)25-22(21-16-15-17-9-7-8-14-20(17)21)23-26(24-25)19-12-5-2-6-13-19/h1-16H/b22-21+. The minimum absolute atomic E-state index is 0.821. The lowest BCUT2D eigenvalue weighted by Crippen LogP contribution is -2.04. The van der Waals surface area contributed by atoms with Crippen molar-refractivity contribution in [1.29, 1.82) is 0 Å². The summed E-state index contributed by atoms with van der Waals surface area (Å²) < 4.78 is 1.90. The Morgan fingerprint density at radius 3 is 2.23 bits per heavy atom. The van der Waals surface area contributed by atoms with Crippen molar-refractivity contribution < 1.29 is 4.70 Å². The van der Waals surface area contributed by atoms with Crippen LogP contribution in [0.3, 0.4) is 0 Å². The molecule has 26 heavy (non-hydrogen) atoms. The van der Waals surface area contributed by atoms with Gasteiger partial charge in [-0.2, -0.15) is 4.70 Å². The average molecular weight is 336 g/mol. The highest BCUT2D eigenvalue weighted by Crippen LogP contribution is 2.40. The molecule has 5 rings (SSSR count). The van der Waals surface area contributed by atoms with E-state index in [1.165, 1.54) is 11.1 Å². The molecule has 0 saturated carbocycles. The number of hydrogen-bond donors (Lipinski definition) is 0. The second kappa shape index (κ2) is 6.01. The van der Waals surface area contributed by atoms with Gasteiger partial charge in [0.2, 0.25) is 0 Å². The Hall–Kier alpha value is -3.66. The third kappa shape index (κ3) is 2.40. The summed E-state index contributed by atoms with van der Waals surface area (Å²) in [5, 5.41) is 6.42. The molecule has 2 aliphatic rings. The maximum atomic E-state index is 4.82. The van der Waals surface area contributed by atoms with Crippen LogP contribution in [0.4, 0.5) is 11.4 Å². The smallest absolute Gasteiger partial charge is 0.185 e. The average Bonchev–Trinajstić information content (AvgIpc) is 3.34. The van der Waals surface area contributed by atoms with E-state index >= 15 is 0 Å². The molecule has 3 aromatic rings. The lowest BCUT2D eigenvalue weighted by atomic mass is 10.1. The van der Waals surface area contributed by atoms with Crippen molar-refractivity contribution in [2.75, 3.05) is 5.12 Å². The van der Waals surface area contributed by atoms with Gasteiger partial charge in [0.25, 0.3) is 0 Å². The van der Waals surface area contributed by atoms with Crippen LogP contribution in [0.5, 0.6) is 0 Å². The Labute approximate surface area is 152 Å². The maximum absolute atomic E-state index is 4.82. The fourth-order valence-electron chi connectivity index (χ4n) is 3.21. The molecule has 0 fully saturated rings. The number of allylic oxidation sites excluding steroid dienone is 2. The van der Waals surface area contributed by atoms with Crippen LogP contribution in [0, 0.1) is 0 Å². The molecule has 0 atom stereocenters. The maximum Gasteiger partial charge on any atom is 0.185 e. The number of anilines is 1. The second-order valence-electron chi connectivity index (χ2n) is 6.12. The van der Waals surface area contributed by atoms with Crippen LogP contribution < -0.4 is 5.12 Å². The van der Waals surface area contributed by atoms with Gasteiger partial charge in [-0.15, -0.1) is 10.5 Å². The third-order valence-electron chi connectivity index (χ3n) is 4.47. The Balaban J connectivity index is 1.67. The molecule has 0 radical (unpaired) electrons. The molecular formula is C22H16N4. The van der Waals surface area contributed by atoms with E-state index in [0.717, 1.165) is 22.8 Å². The van der Waals surface area contributed by atoms with Crippen LogP contribution in [0.25, 0.3) is 17.1 Å². The van der Waals surface area contributed by atoms with Gasteiger partial charge < -0.3 is 0 Å². The molecule has 4 nitrogen and oxygen atoms in total. The fourth-order valence-corrected chi connectivity index (χ4v) is 3.21. The first kappa shape index (κ1) is 14.7. The first-order valence-corrected chi connectivity index (χ1v) is 8.55. The molecule has 1 aliphatic carbocycles. The Morgan fingerprint density at radius 1 is 0.731 bits per heavy atom. The monoisotopic (exact) mass is 336 g/mol. The predicted octanol–water partition coefficient (Wildman–Crippen LogP) is 5.90. The predicted molar refractivity (Wildman–Crippen MR) is 103 cm³/mol. The van der Waals surface area contributed by atoms with Crippen molar-refractivity contribution in [2.45, 2.75) is 0 Å². The van der Waals surface area contributed by atoms with E-state index in [4.69, 9.17) is 10.6 Å². The Kier molecular flexibility index (Phi) is 3.39. The van der Waals surface area contributed by atoms with Gasteiger partial charge in [0.15, 0.2) is 5.82 Å². The van der Waals surface area contributed by atoms with Gasteiger partial charge in [-0.3, -0.25) is 0 Å². The number of para-hydroxylation sites is 2. The lowest BCUT2D eigenvalue weighted by molar-refractivity contribution is -0.446. The summed E-state index contributed by atoms with van der Waals surface area (Å²) in [5.41, 5.74) is 10.2. The first-order chi connectivity index (χ1) is 12.9. The summed E-state index contributed by atoms with van der Waals surface area (Å²) in [7, 11) is 0. The van der Waals surface area contributed by atoms with Crippen LogP contribution in [0.15, 0.2) is 102 Å². The van der Waals surface area contributed by atoms with Crippen LogP contribution in [-0.2, 0) is 0 Å². The molecule has 1 heterocycles. The molecule has 0 unspecified atom stereocenters. The first-order valence-electron chi connectivity index (χ1n) is 8.55. The van der Waals surface area contributed by atoms with Gasteiger partial charge >= 0.3 is 0 Å². The van der Waals surface area contributed by atoms with E-state index in [0.29, 0.717) is 0 Å². The van der Waals surface area contributed by atoms with Gasteiger partial charge in [0.05, 0.1) is 11.4 Å². The molecule has 0 amide bonds. The van der Waals surface area contributed by atoms with Crippen molar-refractivity contribution in [3.63, 3.8) is 0 Å². The topological polar surface area (TPSA) is 32.7 Å². The van der Waals surface area contributed by atoms with Gasteiger partial charge in [0.1, 0.15) is 0 Å². The molecule has 3 aromatic carbocycles. The molecular weight excluding hydrogens is 320 g/mol. The number of benzene rings is 3. The van der Waals surface area contributed by atoms with Gasteiger partial charge in [-0.1, -0.05) is 72.0 Å². The largest absolute Gasteiger partial charge is 0.194 e. The summed E-state index contributed by atoms with van der Waals surface area (Å²) in [6.07, 6.45) is 4.24. The van der Waals surface area contributed by atoms with E-state index < -0.39 is 0 Å². The van der Waals surface area contributed by atoms with E-state index in [1.807, 2.05) is 65.4 Å². The van der Waals surface area contributed by atoms with E-state index in [9.17, 15) is 0 Å². The van der Waals surface area contributed by atoms with Crippen molar-refractivity contribution >= 4 is 23.0 Å². The highest BCUT2D eigenvalue weighted by atomic mass is 15.8. The number of nitrogens with zero attached hydrogens (tertiary/aromatic N) is 4. The molecule has 0 spiro atoms. The number of fused-ring (bicyclic) bond motifs is 1. The Bertz CT molecular complexity index is 1050. The molecule has 0 bridgehead atoms. The van der Waals surface area contributed by atoms with Crippen molar-refractivity contribution in [3.05, 3.63) is 113 Å². The minimum Gasteiger partial charge on any atom is -0.194 e. The van der Waals surface area contributed by atoms with Crippen molar-refractivity contribution in [2.24, 2.45) is 5.22 Å². The van der Waals surface area contributed by atoms with Gasteiger partial charge in [-0.05, 0) is 41.5 Å². The Morgan fingerprint density at radius 2 is 1.42 bits per heavy atom.